The molecule has 1 saturated heterocycles. The molecule has 0 bridgehead atoms. The summed E-state index contributed by atoms with van der Waals surface area (Å²) >= 11 is 0. The molecule has 1 aliphatic heterocycles. The molecule has 0 unspecified atom stereocenters. The number of nitrogens with one attached hydrogen (secondary N) is 2. The molecule has 1 fully saturated rings. The van der Waals surface area contributed by atoms with E-state index in [1.807, 2.05) is 51.9 Å². The fourth-order valence-electron chi connectivity index (χ4n) is 3.57. The molecule has 0 aliphatic carbocycles. The average Bonchev–Trinajstić information content (AvgIpc) is 3.25. The van der Waals surface area contributed by atoms with Gasteiger partial charge in [0.15, 0.2) is 17.4 Å². The van der Waals surface area contributed by atoms with Crippen LogP contribution in [-0.2, 0) is 11.3 Å². The smallest absolute Gasteiger partial charge is 0.224 e. The van der Waals surface area contributed by atoms with Crippen LogP contribution in [0.2, 0.25) is 0 Å². The number of aromatic nitrogens is 4. The summed E-state index contributed by atoms with van der Waals surface area (Å²) in [5, 5.41) is 14.8. The van der Waals surface area contributed by atoms with E-state index < -0.39 is 0 Å². The van der Waals surface area contributed by atoms with Crippen molar-refractivity contribution in [1.82, 2.24) is 35.1 Å². The van der Waals surface area contributed by atoms with Crippen molar-refractivity contribution in [2.45, 2.75) is 13.0 Å². The monoisotopic (exact) mass is 549 g/mol. The van der Waals surface area contributed by atoms with Crippen molar-refractivity contribution in [2.75, 3.05) is 44.7 Å². The maximum atomic E-state index is 12.6. The molecule has 4 heterocycles. The van der Waals surface area contributed by atoms with E-state index in [1.54, 1.807) is 13.2 Å². The standard InChI is InChI=1S/C21H27N9O.HI/c1-22-21(25-16-19-27-26-18-7-3-5-11-30(18)19)24-10-8-20(31)29-14-12-28(13-15-29)17-6-2-4-9-23-17;/h2-7,9,11H,8,10,12-16H2,1H3,(H2,22,24,25);1H. The number of nitrogens with zero attached hydrogens (tertiary/aromatic N) is 7. The molecular formula is C21H28IN9O. The molecule has 0 saturated carbocycles. The number of anilines is 1. The second kappa shape index (κ2) is 11.6. The molecule has 4 rings (SSSR count). The van der Waals surface area contributed by atoms with Gasteiger partial charge >= 0.3 is 0 Å². The minimum absolute atomic E-state index is 0. The SMILES string of the molecule is CN=C(NCCC(=O)N1CCN(c2ccccn2)CC1)NCc1nnc2ccccn12.I. The minimum atomic E-state index is 0. The summed E-state index contributed by atoms with van der Waals surface area (Å²) in [6.45, 7) is 4.01. The van der Waals surface area contributed by atoms with Gasteiger partial charge in [-0.2, -0.15) is 0 Å². The number of fused-ring (bicyclic) bond motifs is 1. The van der Waals surface area contributed by atoms with Gasteiger partial charge in [0.05, 0.1) is 6.54 Å². The van der Waals surface area contributed by atoms with Gasteiger partial charge in [-0.1, -0.05) is 12.1 Å². The van der Waals surface area contributed by atoms with E-state index in [1.165, 1.54) is 0 Å². The highest BCUT2D eigenvalue weighted by Crippen LogP contribution is 2.12. The summed E-state index contributed by atoms with van der Waals surface area (Å²) in [6.07, 6.45) is 4.14. The third kappa shape index (κ3) is 5.84. The van der Waals surface area contributed by atoms with Crippen molar-refractivity contribution >= 4 is 47.3 Å². The highest BCUT2D eigenvalue weighted by atomic mass is 127. The zero-order valence-corrected chi connectivity index (χ0v) is 20.3. The Morgan fingerprint density at radius 2 is 1.88 bits per heavy atom. The predicted molar refractivity (Wildman–Crippen MR) is 134 cm³/mol. The molecule has 3 aromatic rings. The number of hydrogen-bond acceptors (Lipinski definition) is 6. The van der Waals surface area contributed by atoms with Crippen LogP contribution in [-0.4, -0.2) is 76.1 Å². The summed E-state index contributed by atoms with van der Waals surface area (Å²) in [6, 6.07) is 11.7. The van der Waals surface area contributed by atoms with Crippen LogP contribution < -0.4 is 15.5 Å². The quantitative estimate of drug-likeness (QED) is 0.270. The summed E-state index contributed by atoms with van der Waals surface area (Å²) in [5.41, 5.74) is 0.802. The molecule has 10 nitrogen and oxygen atoms in total. The number of aliphatic imine (C=N–C) groups is 1. The van der Waals surface area contributed by atoms with Gasteiger partial charge in [-0.05, 0) is 24.3 Å². The summed E-state index contributed by atoms with van der Waals surface area (Å²) in [4.78, 5) is 25.3. The Hall–Kier alpha value is -2.96. The predicted octanol–water partition coefficient (Wildman–Crippen LogP) is 1.15. The Bertz CT molecular complexity index is 1030. The fraction of sp³-hybridized carbons (Fsp3) is 0.381. The van der Waals surface area contributed by atoms with Gasteiger partial charge in [-0.3, -0.25) is 14.2 Å². The lowest BCUT2D eigenvalue weighted by atomic mass is 10.2. The van der Waals surface area contributed by atoms with Crippen LogP contribution in [0.1, 0.15) is 12.2 Å². The van der Waals surface area contributed by atoms with E-state index in [0.29, 0.717) is 38.6 Å². The normalized spacial score (nSPS) is 14.2. The second-order valence-electron chi connectivity index (χ2n) is 7.20. The first-order valence-corrected chi connectivity index (χ1v) is 10.4. The van der Waals surface area contributed by atoms with Gasteiger partial charge in [0.25, 0.3) is 0 Å². The van der Waals surface area contributed by atoms with E-state index in [-0.39, 0.29) is 29.9 Å². The number of rotatable bonds is 6. The van der Waals surface area contributed by atoms with Crippen LogP contribution in [0.3, 0.4) is 0 Å². The van der Waals surface area contributed by atoms with E-state index >= 15 is 0 Å². The largest absolute Gasteiger partial charge is 0.356 e. The Balaban J connectivity index is 0.00000289. The zero-order chi connectivity index (χ0) is 21.5. The molecule has 0 atom stereocenters. The number of piperazine rings is 1. The van der Waals surface area contributed by atoms with Crippen molar-refractivity contribution in [2.24, 2.45) is 4.99 Å². The lowest BCUT2D eigenvalue weighted by Crippen LogP contribution is -2.49. The molecule has 170 valence electrons. The maximum Gasteiger partial charge on any atom is 0.224 e. The molecule has 2 N–H and O–H groups in total. The third-order valence-electron chi connectivity index (χ3n) is 5.26. The summed E-state index contributed by atoms with van der Waals surface area (Å²) < 4.78 is 1.93. The first kappa shape index (κ1) is 23.7. The average molecular weight is 549 g/mol. The van der Waals surface area contributed by atoms with E-state index in [0.717, 1.165) is 30.4 Å². The zero-order valence-electron chi connectivity index (χ0n) is 18.0. The Kier molecular flexibility index (Phi) is 8.59. The van der Waals surface area contributed by atoms with Crippen molar-refractivity contribution in [3.05, 3.63) is 54.6 Å². The number of pyridine rings is 2. The summed E-state index contributed by atoms with van der Waals surface area (Å²) in [7, 11) is 1.70. The van der Waals surface area contributed by atoms with Crippen molar-refractivity contribution in [1.29, 1.82) is 0 Å². The molecular weight excluding hydrogens is 521 g/mol. The number of carbonyl (C=O) groups is 1. The number of carbonyl (C=O) groups excluding carboxylic acids is 1. The van der Waals surface area contributed by atoms with E-state index in [4.69, 9.17) is 0 Å². The molecule has 0 radical (unpaired) electrons. The molecule has 0 spiro atoms. The van der Waals surface area contributed by atoms with Gasteiger partial charge in [-0.25, -0.2) is 4.98 Å². The second-order valence-corrected chi connectivity index (χ2v) is 7.20. The first-order valence-electron chi connectivity index (χ1n) is 10.4. The van der Waals surface area contributed by atoms with Crippen LogP contribution >= 0.6 is 24.0 Å². The van der Waals surface area contributed by atoms with Gasteiger partial charge in [0.1, 0.15) is 5.82 Å². The molecule has 32 heavy (non-hydrogen) atoms. The van der Waals surface area contributed by atoms with Crippen molar-refractivity contribution in [3.8, 4) is 0 Å². The fourth-order valence-corrected chi connectivity index (χ4v) is 3.57. The summed E-state index contributed by atoms with van der Waals surface area (Å²) in [5.74, 6) is 2.53. The molecule has 0 aromatic carbocycles. The lowest BCUT2D eigenvalue weighted by molar-refractivity contribution is -0.131. The van der Waals surface area contributed by atoms with Crippen LogP contribution in [0, 0.1) is 0 Å². The van der Waals surface area contributed by atoms with Gasteiger partial charge < -0.3 is 20.4 Å². The minimum Gasteiger partial charge on any atom is -0.356 e. The Morgan fingerprint density at radius 3 is 2.62 bits per heavy atom. The third-order valence-corrected chi connectivity index (χ3v) is 5.26. The Labute approximate surface area is 204 Å². The van der Waals surface area contributed by atoms with Gasteiger partial charge in [-0.15, -0.1) is 34.2 Å². The highest BCUT2D eigenvalue weighted by molar-refractivity contribution is 14.0. The van der Waals surface area contributed by atoms with Crippen LogP contribution in [0.15, 0.2) is 53.8 Å². The molecule has 1 aliphatic rings. The van der Waals surface area contributed by atoms with Gasteiger partial charge in [0.2, 0.25) is 5.91 Å². The van der Waals surface area contributed by atoms with Crippen LogP contribution in [0.25, 0.3) is 5.65 Å². The van der Waals surface area contributed by atoms with Crippen molar-refractivity contribution < 1.29 is 4.79 Å². The van der Waals surface area contributed by atoms with E-state index in [9.17, 15) is 4.79 Å². The van der Waals surface area contributed by atoms with Crippen LogP contribution in [0.4, 0.5) is 5.82 Å². The molecule has 1 amide bonds. The lowest BCUT2D eigenvalue weighted by Gasteiger charge is -2.35. The number of halogens is 1. The highest BCUT2D eigenvalue weighted by Gasteiger charge is 2.21. The van der Waals surface area contributed by atoms with Crippen LogP contribution in [0.5, 0.6) is 0 Å². The topological polar surface area (TPSA) is 103 Å². The molecule has 11 heteroatoms. The first-order chi connectivity index (χ1) is 15.2. The number of amides is 1. The van der Waals surface area contributed by atoms with Crippen molar-refractivity contribution in [3.63, 3.8) is 0 Å². The molecule has 3 aromatic heterocycles. The van der Waals surface area contributed by atoms with Gasteiger partial charge in [0, 0.05) is 58.6 Å². The maximum absolute atomic E-state index is 12.6. The Morgan fingerprint density at radius 1 is 1.06 bits per heavy atom. The number of guanidine groups is 1. The van der Waals surface area contributed by atoms with E-state index in [2.05, 4.69) is 35.7 Å². The number of hydrogen-bond donors (Lipinski definition) is 2.